The minimum atomic E-state index is 0.135. The summed E-state index contributed by atoms with van der Waals surface area (Å²) in [6.07, 6.45) is 0. The highest BCUT2D eigenvalue weighted by Crippen LogP contribution is 2.24. The lowest BCUT2D eigenvalue weighted by molar-refractivity contribution is 0.854. The first-order valence-corrected chi connectivity index (χ1v) is 7.28. The molecule has 2 heterocycles. The van der Waals surface area contributed by atoms with E-state index in [-0.39, 0.29) is 6.04 Å². The van der Waals surface area contributed by atoms with Gasteiger partial charge < -0.3 is 11.1 Å². The zero-order chi connectivity index (χ0) is 14.0. The van der Waals surface area contributed by atoms with Gasteiger partial charge in [-0.1, -0.05) is 12.2 Å². The average Bonchev–Trinajstić information content (AvgIpc) is 2.87. The number of hydrogen-bond acceptors (Lipinski definition) is 5. The van der Waals surface area contributed by atoms with Gasteiger partial charge in [0.05, 0.1) is 17.3 Å². The summed E-state index contributed by atoms with van der Waals surface area (Å²) < 4.78 is 0. The number of hydrogen-bond donors (Lipinski definition) is 2. The molecule has 2 rings (SSSR count). The van der Waals surface area contributed by atoms with E-state index in [9.17, 15) is 0 Å². The highest BCUT2D eigenvalue weighted by molar-refractivity contribution is 7.80. The van der Waals surface area contributed by atoms with E-state index in [0.29, 0.717) is 10.8 Å². The third-order valence-corrected chi connectivity index (χ3v) is 4.00. The molecule has 0 saturated heterocycles. The zero-order valence-electron chi connectivity index (χ0n) is 11.1. The summed E-state index contributed by atoms with van der Waals surface area (Å²) in [5, 5.41) is 15.8. The smallest absolute Gasteiger partial charge is 0.159 e. The van der Waals surface area contributed by atoms with Crippen molar-refractivity contribution in [1.82, 2.24) is 10.2 Å². The zero-order valence-corrected chi connectivity index (χ0v) is 12.7. The van der Waals surface area contributed by atoms with E-state index in [2.05, 4.69) is 33.9 Å². The van der Waals surface area contributed by atoms with Crippen molar-refractivity contribution in [1.29, 1.82) is 0 Å². The number of rotatable bonds is 4. The number of aromatic nitrogens is 2. The van der Waals surface area contributed by atoms with Gasteiger partial charge in [0.15, 0.2) is 5.82 Å². The number of nitrogens with one attached hydrogen (secondary N) is 1. The normalized spacial score (nSPS) is 12.2. The van der Waals surface area contributed by atoms with Crippen LogP contribution in [0.2, 0.25) is 0 Å². The molecule has 0 fully saturated rings. The van der Waals surface area contributed by atoms with E-state index < -0.39 is 0 Å². The van der Waals surface area contributed by atoms with Crippen molar-refractivity contribution in [2.75, 3.05) is 5.32 Å². The van der Waals surface area contributed by atoms with Crippen LogP contribution < -0.4 is 11.1 Å². The fourth-order valence-electron chi connectivity index (χ4n) is 1.82. The van der Waals surface area contributed by atoms with Gasteiger partial charge in [-0.3, -0.25) is 0 Å². The van der Waals surface area contributed by atoms with Crippen molar-refractivity contribution < 1.29 is 0 Å². The SMILES string of the molecule is Cc1nnc(NC(C)c2ccsc2)c(C(N)=S)c1C. The molecule has 1 unspecified atom stereocenters. The van der Waals surface area contributed by atoms with Crippen molar-refractivity contribution in [3.05, 3.63) is 39.2 Å². The van der Waals surface area contributed by atoms with Crippen LogP contribution in [0.15, 0.2) is 16.8 Å². The van der Waals surface area contributed by atoms with Gasteiger partial charge >= 0.3 is 0 Å². The van der Waals surface area contributed by atoms with Crippen LogP contribution in [0.1, 0.15) is 35.3 Å². The van der Waals surface area contributed by atoms with Crippen LogP contribution in [0.5, 0.6) is 0 Å². The number of thiophene rings is 1. The van der Waals surface area contributed by atoms with Gasteiger partial charge in [-0.05, 0) is 48.7 Å². The summed E-state index contributed by atoms with van der Waals surface area (Å²) in [7, 11) is 0. The molecule has 0 spiro atoms. The van der Waals surface area contributed by atoms with E-state index in [1.54, 1.807) is 11.3 Å². The van der Waals surface area contributed by atoms with E-state index in [0.717, 1.165) is 16.8 Å². The summed E-state index contributed by atoms with van der Waals surface area (Å²) in [6.45, 7) is 5.93. The maximum absolute atomic E-state index is 5.80. The first-order valence-electron chi connectivity index (χ1n) is 5.93. The molecule has 2 aromatic rings. The number of nitrogens with two attached hydrogens (primary N) is 1. The molecule has 0 bridgehead atoms. The van der Waals surface area contributed by atoms with Crippen molar-refractivity contribution in [2.45, 2.75) is 26.8 Å². The molecule has 2 aromatic heterocycles. The molecule has 0 amide bonds. The van der Waals surface area contributed by atoms with E-state index >= 15 is 0 Å². The minimum Gasteiger partial charge on any atom is -0.389 e. The van der Waals surface area contributed by atoms with Gasteiger partial charge in [0.2, 0.25) is 0 Å². The van der Waals surface area contributed by atoms with Crippen molar-refractivity contribution in [3.63, 3.8) is 0 Å². The van der Waals surface area contributed by atoms with Crippen LogP contribution in [0.25, 0.3) is 0 Å². The predicted molar refractivity (Wildman–Crippen MR) is 83.8 cm³/mol. The van der Waals surface area contributed by atoms with Crippen molar-refractivity contribution >= 4 is 34.4 Å². The van der Waals surface area contributed by atoms with E-state index in [1.807, 2.05) is 19.2 Å². The summed E-state index contributed by atoms with van der Waals surface area (Å²) in [5.74, 6) is 0.648. The maximum atomic E-state index is 5.80. The predicted octanol–water partition coefficient (Wildman–Crippen LogP) is 2.96. The molecule has 3 N–H and O–H groups in total. The number of thiocarbonyl (C=S) groups is 1. The second kappa shape index (κ2) is 5.63. The number of nitrogens with zero attached hydrogens (tertiary/aromatic N) is 2. The Morgan fingerprint density at radius 3 is 2.74 bits per heavy atom. The molecule has 0 radical (unpaired) electrons. The standard InChI is InChI=1S/C13H16N4S2/c1-7-8(2)16-17-13(11(7)12(14)18)15-9(3)10-4-5-19-6-10/h4-6,9H,1-3H3,(H2,14,18)(H,15,17). The molecule has 4 nitrogen and oxygen atoms in total. The van der Waals surface area contributed by atoms with Gasteiger partial charge in [0.25, 0.3) is 0 Å². The van der Waals surface area contributed by atoms with Gasteiger partial charge in [-0.2, -0.15) is 16.4 Å². The maximum Gasteiger partial charge on any atom is 0.159 e. The number of aryl methyl sites for hydroxylation is 1. The molecule has 0 aliphatic carbocycles. The Morgan fingerprint density at radius 2 is 2.16 bits per heavy atom. The van der Waals surface area contributed by atoms with Crippen LogP contribution in [0.4, 0.5) is 5.82 Å². The summed E-state index contributed by atoms with van der Waals surface area (Å²) in [6, 6.07) is 2.22. The third-order valence-electron chi connectivity index (χ3n) is 3.10. The Morgan fingerprint density at radius 1 is 1.42 bits per heavy atom. The molecule has 0 aliphatic rings. The average molecular weight is 292 g/mol. The molecule has 19 heavy (non-hydrogen) atoms. The number of anilines is 1. The summed E-state index contributed by atoms with van der Waals surface area (Å²) in [5.41, 5.74) is 9.61. The quantitative estimate of drug-likeness (QED) is 0.848. The topological polar surface area (TPSA) is 63.8 Å². The van der Waals surface area contributed by atoms with Gasteiger partial charge in [-0.25, -0.2) is 0 Å². The van der Waals surface area contributed by atoms with Gasteiger partial charge in [0, 0.05) is 0 Å². The Kier molecular flexibility index (Phi) is 4.11. The van der Waals surface area contributed by atoms with Crippen molar-refractivity contribution in [3.8, 4) is 0 Å². The molecule has 1 atom stereocenters. The molecule has 6 heteroatoms. The molecule has 0 saturated carbocycles. The Hall–Kier alpha value is -1.53. The molecule has 0 aliphatic heterocycles. The van der Waals surface area contributed by atoms with Crippen LogP contribution in [0, 0.1) is 13.8 Å². The lowest BCUT2D eigenvalue weighted by Crippen LogP contribution is -2.19. The monoisotopic (exact) mass is 292 g/mol. The lowest BCUT2D eigenvalue weighted by atomic mass is 10.1. The fraction of sp³-hybridized carbons (Fsp3) is 0.308. The van der Waals surface area contributed by atoms with E-state index in [4.69, 9.17) is 18.0 Å². The van der Waals surface area contributed by atoms with Crippen LogP contribution in [-0.2, 0) is 0 Å². The first-order chi connectivity index (χ1) is 9.00. The highest BCUT2D eigenvalue weighted by Gasteiger charge is 2.16. The second-order valence-corrected chi connectivity index (χ2v) is 5.64. The Balaban J connectivity index is 2.35. The largest absolute Gasteiger partial charge is 0.389 e. The summed E-state index contributed by atoms with van der Waals surface area (Å²) >= 11 is 6.79. The second-order valence-electron chi connectivity index (χ2n) is 4.42. The lowest BCUT2D eigenvalue weighted by Gasteiger charge is -2.17. The van der Waals surface area contributed by atoms with Crippen LogP contribution in [0.3, 0.4) is 0 Å². The Labute approximate surface area is 122 Å². The minimum absolute atomic E-state index is 0.135. The third kappa shape index (κ3) is 2.90. The van der Waals surface area contributed by atoms with Gasteiger partial charge in [0.1, 0.15) is 4.99 Å². The molecular weight excluding hydrogens is 276 g/mol. The molecule has 0 aromatic carbocycles. The fourth-order valence-corrected chi connectivity index (χ4v) is 2.82. The van der Waals surface area contributed by atoms with Gasteiger partial charge in [-0.15, -0.1) is 5.10 Å². The van der Waals surface area contributed by atoms with Crippen LogP contribution >= 0.6 is 23.6 Å². The first kappa shape index (κ1) is 13.9. The highest BCUT2D eigenvalue weighted by atomic mass is 32.1. The molecular formula is C13H16N4S2. The van der Waals surface area contributed by atoms with E-state index in [1.165, 1.54) is 5.56 Å². The van der Waals surface area contributed by atoms with Crippen molar-refractivity contribution in [2.24, 2.45) is 5.73 Å². The summed E-state index contributed by atoms with van der Waals surface area (Å²) in [4.78, 5) is 0.343. The Bertz CT molecular complexity index is 593. The molecule has 100 valence electrons. The van der Waals surface area contributed by atoms with Crippen LogP contribution in [-0.4, -0.2) is 15.2 Å².